The summed E-state index contributed by atoms with van der Waals surface area (Å²) in [5.41, 5.74) is 4.33. The summed E-state index contributed by atoms with van der Waals surface area (Å²) in [6.45, 7) is 4.33. The molecule has 0 unspecified atom stereocenters. The molecule has 3 aromatic carbocycles. The van der Waals surface area contributed by atoms with Gasteiger partial charge in [0.15, 0.2) is 0 Å². The van der Waals surface area contributed by atoms with Crippen LogP contribution in [0.25, 0.3) is 5.57 Å². The molecule has 2 nitrogen and oxygen atoms in total. The molecule has 4 rings (SSSR count). The number of hydrogen-bond acceptors (Lipinski definition) is 2. The predicted molar refractivity (Wildman–Crippen MR) is 107 cm³/mol. The molecule has 1 heterocycles. The highest BCUT2D eigenvalue weighted by Crippen LogP contribution is 2.30. The van der Waals surface area contributed by atoms with Gasteiger partial charge < -0.3 is 4.74 Å². The Hall–Kier alpha value is -3.13. The largest absolute Gasteiger partial charge is 0.467 e. The van der Waals surface area contributed by atoms with Gasteiger partial charge in [0, 0.05) is 5.56 Å². The molecule has 0 amide bonds. The van der Waals surface area contributed by atoms with E-state index in [1.165, 1.54) is 5.56 Å². The molecule has 0 aromatic heterocycles. The maximum atomic E-state index is 6.30. The van der Waals surface area contributed by atoms with Crippen LogP contribution >= 0.6 is 0 Å². The Labute approximate surface area is 154 Å². The lowest BCUT2D eigenvalue weighted by atomic mass is 9.93. The van der Waals surface area contributed by atoms with Crippen molar-refractivity contribution < 1.29 is 4.74 Å². The minimum atomic E-state index is -0.159. The molecule has 0 bridgehead atoms. The molecular weight excluding hydrogens is 318 g/mol. The van der Waals surface area contributed by atoms with E-state index in [4.69, 9.17) is 9.73 Å². The van der Waals surface area contributed by atoms with Crippen LogP contribution in [0.3, 0.4) is 0 Å². The van der Waals surface area contributed by atoms with E-state index in [1.54, 1.807) is 0 Å². The highest BCUT2D eigenvalue weighted by Gasteiger charge is 2.34. The molecule has 1 aliphatic rings. The molecule has 0 saturated carbocycles. The van der Waals surface area contributed by atoms with Crippen molar-refractivity contribution in [2.24, 2.45) is 4.99 Å². The zero-order chi connectivity index (χ0) is 17.8. The molecule has 3 aromatic rings. The van der Waals surface area contributed by atoms with E-state index in [-0.39, 0.29) is 12.1 Å². The number of rotatable bonds is 5. The van der Waals surface area contributed by atoms with E-state index in [2.05, 4.69) is 43.0 Å². The van der Waals surface area contributed by atoms with Crippen LogP contribution in [0.1, 0.15) is 16.7 Å². The maximum Gasteiger partial charge on any atom is 0.217 e. The van der Waals surface area contributed by atoms with Crippen LogP contribution in [0.2, 0.25) is 0 Å². The molecular formula is C24H21NO. The fraction of sp³-hybridized carbons (Fsp3) is 0.125. The number of hydrogen-bond donors (Lipinski definition) is 0. The SMILES string of the molecule is C=C(c1ccccc1)[C@@H]1OC(c2ccccc2)=N[C@H]1Cc1ccccc1. The topological polar surface area (TPSA) is 21.6 Å². The van der Waals surface area contributed by atoms with E-state index >= 15 is 0 Å². The van der Waals surface area contributed by atoms with Crippen molar-refractivity contribution in [3.63, 3.8) is 0 Å². The fourth-order valence-electron chi connectivity index (χ4n) is 3.30. The second-order valence-corrected chi connectivity index (χ2v) is 6.49. The quantitative estimate of drug-likeness (QED) is 0.629. The highest BCUT2D eigenvalue weighted by molar-refractivity contribution is 5.96. The first-order valence-electron chi connectivity index (χ1n) is 8.89. The smallest absolute Gasteiger partial charge is 0.217 e. The van der Waals surface area contributed by atoms with Gasteiger partial charge >= 0.3 is 0 Å². The summed E-state index contributed by atoms with van der Waals surface area (Å²) in [7, 11) is 0. The van der Waals surface area contributed by atoms with Crippen LogP contribution in [0.5, 0.6) is 0 Å². The van der Waals surface area contributed by atoms with Gasteiger partial charge in [-0.05, 0) is 35.3 Å². The minimum absolute atomic E-state index is 0.0142. The van der Waals surface area contributed by atoms with Crippen LogP contribution in [-0.4, -0.2) is 18.0 Å². The normalized spacial score (nSPS) is 18.8. The van der Waals surface area contributed by atoms with Crippen molar-refractivity contribution >= 4 is 11.5 Å². The maximum absolute atomic E-state index is 6.30. The Morgan fingerprint density at radius 3 is 2.04 bits per heavy atom. The Bertz CT molecular complexity index is 901. The number of nitrogens with zero attached hydrogens (tertiary/aromatic N) is 1. The molecule has 0 radical (unpaired) electrons. The van der Waals surface area contributed by atoms with Gasteiger partial charge in [-0.15, -0.1) is 0 Å². The standard InChI is InChI=1S/C24H21NO/c1-18(20-13-7-3-8-14-20)23-22(17-19-11-5-2-6-12-19)25-24(26-23)21-15-9-4-10-16-21/h2-16,22-23H,1,17H2/t22-,23-/m0/s1. The monoisotopic (exact) mass is 339 g/mol. The Kier molecular flexibility index (Phi) is 4.65. The first kappa shape index (κ1) is 16.3. The van der Waals surface area contributed by atoms with Gasteiger partial charge in [-0.2, -0.15) is 0 Å². The fourth-order valence-corrected chi connectivity index (χ4v) is 3.30. The zero-order valence-electron chi connectivity index (χ0n) is 14.6. The average molecular weight is 339 g/mol. The second kappa shape index (κ2) is 7.40. The van der Waals surface area contributed by atoms with Gasteiger partial charge in [-0.25, -0.2) is 4.99 Å². The molecule has 0 saturated heterocycles. The van der Waals surface area contributed by atoms with Crippen LogP contribution in [-0.2, 0) is 11.2 Å². The molecule has 128 valence electrons. The van der Waals surface area contributed by atoms with Crippen molar-refractivity contribution in [1.29, 1.82) is 0 Å². The van der Waals surface area contributed by atoms with Crippen molar-refractivity contribution in [1.82, 2.24) is 0 Å². The minimum Gasteiger partial charge on any atom is -0.467 e. The second-order valence-electron chi connectivity index (χ2n) is 6.49. The third-order valence-electron chi connectivity index (χ3n) is 4.67. The van der Waals surface area contributed by atoms with Crippen molar-refractivity contribution in [3.05, 3.63) is 114 Å². The number of benzene rings is 3. The lowest BCUT2D eigenvalue weighted by Gasteiger charge is -2.20. The predicted octanol–water partition coefficient (Wildman–Crippen LogP) is 5.16. The Morgan fingerprint density at radius 1 is 0.808 bits per heavy atom. The van der Waals surface area contributed by atoms with E-state index in [0.717, 1.165) is 23.1 Å². The number of ether oxygens (including phenoxy) is 1. The van der Waals surface area contributed by atoms with Gasteiger partial charge in [0.05, 0.1) is 6.04 Å². The molecule has 1 aliphatic heterocycles. The lowest BCUT2D eigenvalue weighted by Crippen LogP contribution is -2.25. The van der Waals surface area contributed by atoms with Crippen LogP contribution < -0.4 is 0 Å². The molecule has 0 aliphatic carbocycles. The van der Waals surface area contributed by atoms with E-state index in [9.17, 15) is 0 Å². The summed E-state index contributed by atoms with van der Waals surface area (Å²) < 4.78 is 6.30. The third-order valence-corrected chi connectivity index (χ3v) is 4.67. The molecule has 0 fully saturated rings. The highest BCUT2D eigenvalue weighted by atomic mass is 16.5. The van der Waals surface area contributed by atoms with E-state index in [0.29, 0.717) is 5.90 Å². The van der Waals surface area contributed by atoms with Gasteiger partial charge in [0.25, 0.3) is 0 Å². The van der Waals surface area contributed by atoms with Gasteiger partial charge in [0.2, 0.25) is 5.90 Å². The van der Waals surface area contributed by atoms with Crippen LogP contribution in [0.15, 0.2) is 103 Å². The van der Waals surface area contributed by atoms with Crippen LogP contribution in [0.4, 0.5) is 0 Å². The summed E-state index contributed by atoms with van der Waals surface area (Å²) in [5.74, 6) is 0.702. The Balaban J connectivity index is 1.64. The van der Waals surface area contributed by atoms with Crippen LogP contribution in [0, 0.1) is 0 Å². The molecule has 26 heavy (non-hydrogen) atoms. The molecule has 2 atom stereocenters. The number of aliphatic imine (C=N–C) groups is 1. The average Bonchev–Trinajstić information content (AvgIpc) is 3.13. The van der Waals surface area contributed by atoms with Gasteiger partial charge in [0.1, 0.15) is 6.10 Å². The third kappa shape index (κ3) is 3.45. The summed E-state index contributed by atoms with van der Waals surface area (Å²) in [5, 5.41) is 0. The van der Waals surface area contributed by atoms with Gasteiger partial charge in [-0.1, -0.05) is 85.4 Å². The first-order valence-corrected chi connectivity index (χ1v) is 8.89. The zero-order valence-corrected chi connectivity index (χ0v) is 14.6. The Morgan fingerprint density at radius 2 is 1.38 bits per heavy atom. The molecule has 0 N–H and O–H groups in total. The van der Waals surface area contributed by atoms with Crippen molar-refractivity contribution in [2.45, 2.75) is 18.6 Å². The molecule has 0 spiro atoms. The first-order chi connectivity index (χ1) is 12.8. The summed E-state index contributed by atoms with van der Waals surface area (Å²) in [6.07, 6.45) is 0.668. The summed E-state index contributed by atoms with van der Waals surface area (Å²) in [4.78, 5) is 4.92. The summed E-state index contributed by atoms with van der Waals surface area (Å²) >= 11 is 0. The van der Waals surface area contributed by atoms with Gasteiger partial charge in [-0.3, -0.25) is 0 Å². The van der Waals surface area contributed by atoms with Crippen molar-refractivity contribution in [3.8, 4) is 0 Å². The van der Waals surface area contributed by atoms with Crippen molar-refractivity contribution in [2.75, 3.05) is 0 Å². The van der Waals surface area contributed by atoms with E-state index in [1.807, 2.05) is 54.6 Å². The lowest BCUT2D eigenvalue weighted by molar-refractivity contribution is 0.250. The van der Waals surface area contributed by atoms with E-state index < -0.39 is 0 Å². The summed E-state index contributed by atoms with van der Waals surface area (Å²) in [6, 6.07) is 30.8. The molecule has 2 heteroatoms.